The van der Waals surface area contributed by atoms with E-state index in [0.717, 1.165) is 12.1 Å². The summed E-state index contributed by atoms with van der Waals surface area (Å²) in [7, 11) is 0. The van der Waals surface area contributed by atoms with Crippen molar-refractivity contribution in [2.24, 2.45) is 0 Å². The monoisotopic (exact) mass is 508 g/mol. The van der Waals surface area contributed by atoms with Crippen molar-refractivity contribution >= 4 is 11.4 Å². The van der Waals surface area contributed by atoms with Gasteiger partial charge in [-0.2, -0.15) is 0 Å². The van der Waals surface area contributed by atoms with Crippen molar-refractivity contribution in [3.63, 3.8) is 0 Å². The number of nitrogens with zero attached hydrogens (tertiary/aromatic N) is 2. The van der Waals surface area contributed by atoms with E-state index >= 15 is 0 Å². The molecule has 35 heavy (non-hydrogen) atoms. The number of hydrogen-bond acceptors (Lipinski definition) is 15. The Labute approximate surface area is 195 Å². The van der Waals surface area contributed by atoms with E-state index in [-0.39, 0.29) is 5.75 Å². The molecule has 0 bridgehead atoms. The SMILES string of the molecule is O=[N+]([O-])c1ccc(O[C@H]2O[C@@H](CO)[C@@H](O[C@@H]3O[C@@H](CO)[C@@H](O)[C@@H](O)[C@H]3O)[C@@H](O)[C@@H]2O)cc1[N+](=O)[O-]. The van der Waals surface area contributed by atoms with Crippen molar-refractivity contribution in [1.29, 1.82) is 0 Å². The second-order valence-electron chi connectivity index (χ2n) is 7.79. The standard InChI is InChI=1S/C18H24N2O15/c21-4-9-11(23)12(24)14(26)18(33-9)35-16-10(5-22)34-17(15(27)13(16)25)32-6-1-2-7(19(28)29)8(3-6)20(30)31/h1-3,9-18,21-27H,4-5H2/t9-,10-,11+,12+,13-,14+,15-,16+,17-,18-/m0/s1. The van der Waals surface area contributed by atoms with Crippen LogP contribution in [0.15, 0.2) is 18.2 Å². The van der Waals surface area contributed by atoms with Gasteiger partial charge in [0.15, 0.2) is 6.29 Å². The van der Waals surface area contributed by atoms with Crippen molar-refractivity contribution in [2.75, 3.05) is 13.2 Å². The molecule has 0 spiro atoms. The molecule has 2 fully saturated rings. The molecule has 0 radical (unpaired) electrons. The molecular formula is C18H24N2O15. The molecule has 2 aliphatic rings. The molecule has 0 aromatic heterocycles. The molecule has 1 aromatic rings. The number of aliphatic hydroxyl groups excluding tert-OH is 7. The van der Waals surface area contributed by atoms with Crippen LogP contribution < -0.4 is 4.74 Å². The lowest BCUT2D eigenvalue weighted by molar-refractivity contribution is -0.422. The Morgan fingerprint density at radius 1 is 0.771 bits per heavy atom. The van der Waals surface area contributed by atoms with E-state index in [0.29, 0.717) is 6.07 Å². The van der Waals surface area contributed by atoms with Crippen molar-refractivity contribution < 1.29 is 64.5 Å². The van der Waals surface area contributed by atoms with E-state index < -0.39 is 95.8 Å². The van der Waals surface area contributed by atoms with E-state index in [1.54, 1.807) is 0 Å². The Bertz CT molecular complexity index is 914. The number of aliphatic hydroxyl groups is 7. The van der Waals surface area contributed by atoms with Crippen molar-refractivity contribution in [3.05, 3.63) is 38.4 Å². The van der Waals surface area contributed by atoms with Crippen LogP contribution in [0.1, 0.15) is 0 Å². The van der Waals surface area contributed by atoms with Gasteiger partial charge in [-0.05, 0) is 6.07 Å². The van der Waals surface area contributed by atoms with Gasteiger partial charge in [-0.15, -0.1) is 0 Å². The molecular weight excluding hydrogens is 484 g/mol. The maximum atomic E-state index is 11.1. The van der Waals surface area contributed by atoms with Gasteiger partial charge in [0.05, 0.1) is 29.1 Å². The number of benzene rings is 1. The maximum Gasteiger partial charge on any atom is 0.349 e. The van der Waals surface area contributed by atoms with Crippen molar-refractivity contribution in [2.45, 2.75) is 61.4 Å². The lowest BCUT2D eigenvalue weighted by Gasteiger charge is -2.45. The van der Waals surface area contributed by atoms with E-state index in [4.69, 9.17) is 18.9 Å². The summed E-state index contributed by atoms with van der Waals surface area (Å²) in [6, 6.07) is 2.51. The van der Waals surface area contributed by atoms with Crippen molar-refractivity contribution in [1.82, 2.24) is 0 Å². The van der Waals surface area contributed by atoms with Gasteiger partial charge in [0.25, 0.3) is 0 Å². The Hall–Kier alpha value is -2.58. The van der Waals surface area contributed by atoms with Gasteiger partial charge in [-0.25, -0.2) is 0 Å². The molecule has 2 aliphatic heterocycles. The summed E-state index contributed by atoms with van der Waals surface area (Å²) >= 11 is 0. The Kier molecular flexibility index (Phi) is 8.49. The Morgan fingerprint density at radius 3 is 1.91 bits per heavy atom. The summed E-state index contributed by atoms with van der Waals surface area (Å²) in [5, 5.41) is 91.9. The predicted molar refractivity (Wildman–Crippen MR) is 107 cm³/mol. The van der Waals surface area contributed by atoms with Gasteiger partial charge < -0.3 is 54.7 Å². The van der Waals surface area contributed by atoms with Gasteiger partial charge in [-0.3, -0.25) is 20.2 Å². The second-order valence-corrected chi connectivity index (χ2v) is 7.79. The first-order valence-corrected chi connectivity index (χ1v) is 10.2. The largest absolute Gasteiger partial charge is 0.462 e. The zero-order chi connectivity index (χ0) is 26.0. The van der Waals surface area contributed by atoms with Crippen LogP contribution in [0.3, 0.4) is 0 Å². The first kappa shape index (κ1) is 27.0. The van der Waals surface area contributed by atoms with Gasteiger partial charge in [0.1, 0.15) is 54.6 Å². The molecule has 196 valence electrons. The molecule has 17 nitrogen and oxygen atoms in total. The van der Waals surface area contributed by atoms with Crippen LogP contribution in [0, 0.1) is 20.2 Å². The summed E-state index contributed by atoms with van der Waals surface area (Å²) in [5.74, 6) is -0.330. The molecule has 1 aromatic carbocycles. The summed E-state index contributed by atoms with van der Waals surface area (Å²) in [5.41, 5.74) is -1.71. The lowest BCUT2D eigenvalue weighted by Crippen LogP contribution is -2.65. The lowest BCUT2D eigenvalue weighted by atomic mass is 9.97. The summed E-state index contributed by atoms with van der Waals surface area (Å²) < 4.78 is 21.3. The third-order valence-electron chi connectivity index (χ3n) is 5.55. The molecule has 0 saturated carbocycles. The number of hydrogen-bond donors (Lipinski definition) is 7. The zero-order valence-corrected chi connectivity index (χ0v) is 17.7. The van der Waals surface area contributed by atoms with Crippen LogP contribution in [0.5, 0.6) is 5.75 Å². The molecule has 0 aliphatic carbocycles. The fourth-order valence-corrected chi connectivity index (χ4v) is 3.66. The maximum absolute atomic E-state index is 11.1. The Balaban J connectivity index is 1.76. The quantitative estimate of drug-likeness (QED) is 0.133. The first-order chi connectivity index (χ1) is 16.5. The second kappa shape index (κ2) is 11.0. The zero-order valence-electron chi connectivity index (χ0n) is 17.7. The molecule has 7 N–H and O–H groups in total. The molecule has 0 amide bonds. The third-order valence-corrected chi connectivity index (χ3v) is 5.55. The van der Waals surface area contributed by atoms with Crippen LogP contribution >= 0.6 is 0 Å². The van der Waals surface area contributed by atoms with Gasteiger partial charge in [-0.1, -0.05) is 0 Å². The topological polar surface area (TPSA) is 265 Å². The average Bonchev–Trinajstić information content (AvgIpc) is 2.83. The molecule has 17 heteroatoms. The molecule has 2 saturated heterocycles. The summed E-state index contributed by atoms with van der Waals surface area (Å²) in [4.78, 5) is 20.1. The minimum absolute atomic E-state index is 0.330. The smallest absolute Gasteiger partial charge is 0.349 e. The fourth-order valence-electron chi connectivity index (χ4n) is 3.66. The van der Waals surface area contributed by atoms with Gasteiger partial charge in [0, 0.05) is 6.07 Å². The van der Waals surface area contributed by atoms with E-state index in [1.165, 1.54) is 0 Å². The molecule has 10 atom stereocenters. The Morgan fingerprint density at radius 2 is 1.34 bits per heavy atom. The van der Waals surface area contributed by atoms with Crippen LogP contribution in [0.2, 0.25) is 0 Å². The third kappa shape index (κ3) is 5.48. The summed E-state index contributed by atoms with van der Waals surface area (Å²) in [6.45, 7) is -1.58. The molecule has 2 heterocycles. The van der Waals surface area contributed by atoms with E-state index in [1.807, 2.05) is 0 Å². The minimum atomic E-state index is -1.90. The average molecular weight is 508 g/mol. The van der Waals surface area contributed by atoms with Gasteiger partial charge >= 0.3 is 11.4 Å². The van der Waals surface area contributed by atoms with Crippen LogP contribution in [0.4, 0.5) is 11.4 Å². The molecule has 0 unspecified atom stereocenters. The minimum Gasteiger partial charge on any atom is -0.462 e. The summed E-state index contributed by atoms with van der Waals surface area (Å²) in [6.07, 6.45) is -16.9. The van der Waals surface area contributed by atoms with Crippen LogP contribution in [-0.2, 0) is 14.2 Å². The fraction of sp³-hybridized carbons (Fsp3) is 0.667. The normalized spacial score (nSPS) is 37.6. The van der Waals surface area contributed by atoms with Crippen LogP contribution in [0.25, 0.3) is 0 Å². The number of nitro groups is 2. The first-order valence-electron chi connectivity index (χ1n) is 10.2. The van der Waals surface area contributed by atoms with Crippen LogP contribution in [-0.4, -0.2) is 120 Å². The van der Waals surface area contributed by atoms with Crippen molar-refractivity contribution in [3.8, 4) is 5.75 Å². The van der Waals surface area contributed by atoms with E-state index in [2.05, 4.69) is 0 Å². The highest BCUT2D eigenvalue weighted by Crippen LogP contribution is 2.34. The predicted octanol–water partition coefficient (Wildman–Crippen LogP) is -3.49. The highest BCUT2D eigenvalue weighted by atomic mass is 16.7. The highest BCUT2D eigenvalue weighted by molar-refractivity contribution is 5.55. The number of rotatable bonds is 8. The number of ether oxygens (including phenoxy) is 4. The molecule has 3 rings (SSSR count). The highest BCUT2D eigenvalue weighted by Gasteiger charge is 2.51. The number of nitro benzene ring substituents is 2. The van der Waals surface area contributed by atoms with E-state index in [9.17, 15) is 56.0 Å². The van der Waals surface area contributed by atoms with Gasteiger partial charge in [0.2, 0.25) is 6.29 Å².